The second-order valence-corrected chi connectivity index (χ2v) is 4.95. The summed E-state index contributed by atoms with van der Waals surface area (Å²) in [5.41, 5.74) is 1.24. The number of fused-ring (bicyclic) bond motifs is 1. The number of para-hydroxylation sites is 1. The van der Waals surface area contributed by atoms with Crippen LogP contribution in [-0.2, 0) is 0 Å². The highest BCUT2D eigenvalue weighted by molar-refractivity contribution is 6.32. The summed E-state index contributed by atoms with van der Waals surface area (Å²) in [6, 6.07) is 5.32. The van der Waals surface area contributed by atoms with Crippen molar-refractivity contribution in [2.75, 3.05) is 18.1 Å². The van der Waals surface area contributed by atoms with E-state index in [4.69, 9.17) is 20.8 Å². The molecule has 1 aromatic carbocycles. The van der Waals surface area contributed by atoms with Crippen LogP contribution in [0.15, 0.2) is 22.6 Å². The molecule has 6 heteroatoms. The molecule has 5 nitrogen and oxygen atoms in total. The summed E-state index contributed by atoms with van der Waals surface area (Å²) in [6.07, 6.45) is 0. The van der Waals surface area contributed by atoms with Crippen molar-refractivity contribution in [2.45, 2.75) is 13.8 Å². The van der Waals surface area contributed by atoms with Gasteiger partial charge in [-0.1, -0.05) is 17.7 Å². The van der Waals surface area contributed by atoms with Gasteiger partial charge in [-0.3, -0.25) is 9.69 Å². The van der Waals surface area contributed by atoms with Crippen molar-refractivity contribution in [1.82, 2.24) is 4.98 Å². The lowest BCUT2D eigenvalue weighted by Gasteiger charge is -2.29. The Morgan fingerprint density at radius 3 is 2.90 bits per heavy atom. The molecule has 3 rings (SSSR count). The van der Waals surface area contributed by atoms with Gasteiger partial charge in [-0.15, -0.1) is 0 Å². The largest absolute Gasteiger partial charge is 0.488 e. The van der Waals surface area contributed by atoms with Gasteiger partial charge in [0.1, 0.15) is 6.61 Å². The van der Waals surface area contributed by atoms with E-state index in [-0.39, 0.29) is 11.7 Å². The van der Waals surface area contributed by atoms with Crippen LogP contribution in [0.1, 0.15) is 22.1 Å². The van der Waals surface area contributed by atoms with Crippen LogP contribution >= 0.6 is 11.6 Å². The smallest absolute Gasteiger partial charge is 0.296 e. The first-order chi connectivity index (χ1) is 9.58. The van der Waals surface area contributed by atoms with Crippen LogP contribution in [0.3, 0.4) is 0 Å². The number of hydrogen-bond donors (Lipinski definition) is 0. The average Bonchev–Trinajstić information content (AvgIpc) is 2.77. The number of nitrogens with zero attached hydrogens (tertiary/aromatic N) is 2. The maximum Gasteiger partial charge on any atom is 0.296 e. The molecule has 0 aliphatic carbocycles. The van der Waals surface area contributed by atoms with Crippen LogP contribution in [0.2, 0.25) is 5.02 Å². The molecule has 1 aliphatic rings. The Bertz CT molecular complexity index is 681. The number of benzene rings is 1. The van der Waals surface area contributed by atoms with Crippen molar-refractivity contribution < 1.29 is 13.9 Å². The van der Waals surface area contributed by atoms with Gasteiger partial charge >= 0.3 is 0 Å². The first-order valence-corrected chi connectivity index (χ1v) is 6.63. The Labute approximate surface area is 121 Å². The Hall–Kier alpha value is -2.01. The summed E-state index contributed by atoms with van der Waals surface area (Å²) < 4.78 is 10.9. The number of halogens is 1. The van der Waals surface area contributed by atoms with Gasteiger partial charge in [-0.25, -0.2) is 4.98 Å². The summed E-state index contributed by atoms with van der Waals surface area (Å²) in [4.78, 5) is 18.3. The van der Waals surface area contributed by atoms with Gasteiger partial charge in [0, 0.05) is 6.92 Å². The molecule has 0 atom stereocenters. The van der Waals surface area contributed by atoms with E-state index >= 15 is 0 Å². The molecule has 0 radical (unpaired) electrons. The lowest BCUT2D eigenvalue weighted by molar-refractivity contribution is 0.0948. The van der Waals surface area contributed by atoms with Crippen LogP contribution in [0.4, 0.5) is 5.69 Å². The molecule has 2 heterocycles. The molecule has 0 bridgehead atoms. The van der Waals surface area contributed by atoms with Crippen molar-refractivity contribution in [3.05, 3.63) is 40.6 Å². The van der Waals surface area contributed by atoms with Crippen molar-refractivity contribution in [1.29, 1.82) is 0 Å². The number of carbonyl (C=O) groups excluding carboxylic acids is 1. The van der Waals surface area contributed by atoms with Crippen molar-refractivity contribution in [2.24, 2.45) is 0 Å². The maximum absolute atomic E-state index is 12.6. The quantitative estimate of drug-likeness (QED) is 0.811. The van der Waals surface area contributed by atoms with E-state index in [1.165, 1.54) is 0 Å². The van der Waals surface area contributed by atoms with E-state index in [0.717, 1.165) is 0 Å². The highest BCUT2D eigenvalue weighted by Crippen LogP contribution is 2.38. The molecule has 1 aliphatic heterocycles. The summed E-state index contributed by atoms with van der Waals surface area (Å²) >= 11 is 6.09. The predicted octanol–water partition coefficient (Wildman–Crippen LogP) is 2.98. The van der Waals surface area contributed by atoms with E-state index in [1.807, 2.05) is 0 Å². The predicted molar refractivity (Wildman–Crippen MR) is 74.6 cm³/mol. The molecule has 0 saturated heterocycles. The molecule has 20 heavy (non-hydrogen) atoms. The molecule has 2 aromatic rings. The second-order valence-electron chi connectivity index (χ2n) is 4.54. The van der Waals surface area contributed by atoms with E-state index in [1.54, 1.807) is 36.9 Å². The summed E-state index contributed by atoms with van der Waals surface area (Å²) in [5, 5.41) is 0.491. The number of carbonyl (C=O) groups is 1. The molecule has 0 fully saturated rings. The molecular formula is C14H13ClN2O3. The van der Waals surface area contributed by atoms with Crippen molar-refractivity contribution in [3.8, 4) is 5.75 Å². The topological polar surface area (TPSA) is 55.6 Å². The Morgan fingerprint density at radius 2 is 2.20 bits per heavy atom. The number of aromatic nitrogens is 1. The van der Waals surface area contributed by atoms with E-state index in [0.29, 0.717) is 41.2 Å². The van der Waals surface area contributed by atoms with Gasteiger partial charge < -0.3 is 9.15 Å². The zero-order valence-electron chi connectivity index (χ0n) is 11.1. The molecule has 0 spiro atoms. The van der Waals surface area contributed by atoms with Crippen LogP contribution in [0.5, 0.6) is 5.75 Å². The first-order valence-electron chi connectivity index (χ1n) is 6.25. The summed E-state index contributed by atoms with van der Waals surface area (Å²) in [7, 11) is 0. The van der Waals surface area contributed by atoms with Crippen LogP contribution in [0.25, 0.3) is 0 Å². The fourth-order valence-electron chi connectivity index (χ4n) is 2.28. The van der Waals surface area contributed by atoms with Gasteiger partial charge in [-0.05, 0) is 19.1 Å². The number of anilines is 1. The lowest BCUT2D eigenvalue weighted by atomic mass is 10.2. The molecule has 0 saturated carbocycles. The van der Waals surface area contributed by atoms with E-state index in [9.17, 15) is 4.79 Å². The second kappa shape index (κ2) is 4.83. The van der Waals surface area contributed by atoms with Gasteiger partial charge in [0.15, 0.2) is 11.6 Å². The van der Waals surface area contributed by atoms with Gasteiger partial charge in [0.25, 0.3) is 5.91 Å². The average molecular weight is 293 g/mol. The van der Waals surface area contributed by atoms with E-state index in [2.05, 4.69) is 4.98 Å². The Morgan fingerprint density at radius 1 is 1.40 bits per heavy atom. The number of aryl methyl sites for hydroxylation is 2. The molecule has 0 unspecified atom stereocenters. The zero-order valence-corrected chi connectivity index (χ0v) is 11.9. The molecule has 0 N–H and O–H groups in total. The van der Waals surface area contributed by atoms with Gasteiger partial charge in [0.05, 0.1) is 22.9 Å². The molecule has 1 amide bonds. The SMILES string of the molecule is Cc1nc(C)c(C(=O)N2CCOc3c(Cl)cccc32)o1. The van der Waals surface area contributed by atoms with Gasteiger partial charge in [-0.2, -0.15) is 0 Å². The zero-order chi connectivity index (χ0) is 14.3. The van der Waals surface area contributed by atoms with Gasteiger partial charge in [0.2, 0.25) is 5.76 Å². The maximum atomic E-state index is 12.6. The fourth-order valence-corrected chi connectivity index (χ4v) is 2.50. The molecular weight excluding hydrogens is 280 g/mol. The number of amides is 1. The standard InChI is InChI=1S/C14H13ClN2O3/c1-8-12(20-9(2)16-8)14(18)17-6-7-19-13-10(15)4-3-5-11(13)17/h3-5H,6-7H2,1-2H3. The fraction of sp³-hybridized carbons (Fsp3) is 0.286. The summed E-state index contributed by atoms with van der Waals surface area (Å²) in [5.74, 6) is 1.04. The van der Waals surface area contributed by atoms with Crippen molar-refractivity contribution in [3.63, 3.8) is 0 Å². The number of ether oxygens (including phenoxy) is 1. The third-order valence-electron chi connectivity index (χ3n) is 3.14. The monoisotopic (exact) mass is 292 g/mol. The molecule has 104 valence electrons. The van der Waals surface area contributed by atoms with E-state index < -0.39 is 0 Å². The first kappa shape index (κ1) is 13.0. The number of hydrogen-bond acceptors (Lipinski definition) is 4. The Balaban J connectivity index is 2.03. The molecule has 1 aromatic heterocycles. The van der Waals surface area contributed by atoms with Crippen LogP contribution < -0.4 is 9.64 Å². The lowest BCUT2D eigenvalue weighted by Crippen LogP contribution is -2.38. The normalized spacial score (nSPS) is 13.8. The summed E-state index contributed by atoms with van der Waals surface area (Å²) in [6.45, 7) is 4.32. The minimum absolute atomic E-state index is 0.227. The Kier molecular flexibility index (Phi) is 3.14. The number of rotatable bonds is 1. The minimum Gasteiger partial charge on any atom is -0.488 e. The van der Waals surface area contributed by atoms with Crippen LogP contribution in [-0.4, -0.2) is 24.0 Å². The number of oxazole rings is 1. The highest BCUT2D eigenvalue weighted by Gasteiger charge is 2.29. The highest BCUT2D eigenvalue weighted by atomic mass is 35.5. The minimum atomic E-state index is -0.227. The third kappa shape index (κ3) is 2.04. The van der Waals surface area contributed by atoms with Crippen LogP contribution in [0, 0.1) is 13.8 Å². The third-order valence-corrected chi connectivity index (χ3v) is 3.44. The van der Waals surface area contributed by atoms with Crippen molar-refractivity contribution >= 4 is 23.2 Å².